The van der Waals surface area contributed by atoms with Gasteiger partial charge in [0, 0.05) is 29.7 Å². The highest BCUT2D eigenvalue weighted by Crippen LogP contribution is 2.46. The van der Waals surface area contributed by atoms with Gasteiger partial charge < -0.3 is 10.5 Å². The first-order chi connectivity index (χ1) is 15.5. The second-order valence-electron chi connectivity index (χ2n) is 7.76. The highest BCUT2D eigenvalue weighted by molar-refractivity contribution is 6.01. The zero-order chi connectivity index (χ0) is 22.3. The third kappa shape index (κ3) is 2.93. The summed E-state index contributed by atoms with van der Waals surface area (Å²) in [6.45, 7) is 3.95. The standard InChI is InChI=1S/C25H22N6O/c1-15-10-21(30-16(2)23(15)32-3)25(20-8-5-9-29-22(20)24(26)31-25)19-7-4-6-17(11-19)18-12-27-14-28-13-18/h4-14H,1-3H3,(H2,26,31). The number of hydrogen-bond donors (Lipinski definition) is 1. The van der Waals surface area contributed by atoms with Crippen LogP contribution in [0.15, 0.2) is 72.4 Å². The van der Waals surface area contributed by atoms with Crippen LogP contribution < -0.4 is 10.5 Å². The molecule has 1 atom stereocenters. The minimum atomic E-state index is -0.929. The van der Waals surface area contributed by atoms with Crippen LogP contribution in [0, 0.1) is 13.8 Å². The van der Waals surface area contributed by atoms with Crippen molar-refractivity contribution in [3.63, 3.8) is 0 Å². The van der Waals surface area contributed by atoms with E-state index in [4.69, 9.17) is 20.4 Å². The van der Waals surface area contributed by atoms with Crippen molar-refractivity contribution in [2.24, 2.45) is 10.7 Å². The molecule has 0 radical (unpaired) electrons. The number of aryl methyl sites for hydroxylation is 2. The van der Waals surface area contributed by atoms with E-state index in [1.54, 1.807) is 25.7 Å². The molecule has 7 nitrogen and oxygen atoms in total. The van der Waals surface area contributed by atoms with Gasteiger partial charge in [0.2, 0.25) is 0 Å². The van der Waals surface area contributed by atoms with Crippen LogP contribution in [-0.2, 0) is 5.54 Å². The van der Waals surface area contributed by atoms with Crippen molar-refractivity contribution in [3.05, 3.63) is 101 Å². The number of fused-ring (bicyclic) bond motifs is 1. The number of benzene rings is 1. The van der Waals surface area contributed by atoms with Gasteiger partial charge in [-0.05, 0) is 48.7 Å². The molecule has 0 amide bonds. The molecule has 0 saturated carbocycles. The topological polar surface area (TPSA) is 99.2 Å². The summed E-state index contributed by atoms with van der Waals surface area (Å²) in [5, 5.41) is 0. The van der Waals surface area contributed by atoms with Crippen molar-refractivity contribution in [1.29, 1.82) is 0 Å². The van der Waals surface area contributed by atoms with Crippen molar-refractivity contribution in [3.8, 4) is 16.9 Å². The smallest absolute Gasteiger partial charge is 0.157 e. The van der Waals surface area contributed by atoms with E-state index in [2.05, 4.69) is 21.0 Å². The van der Waals surface area contributed by atoms with Gasteiger partial charge in [0.25, 0.3) is 0 Å². The summed E-state index contributed by atoms with van der Waals surface area (Å²) >= 11 is 0. The Bertz CT molecular complexity index is 1330. The molecule has 1 aromatic carbocycles. The average molecular weight is 422 g/mol. The van der Waals surface area contributed by atoms with Gasteiger partial charge in [-0.2, -0.15) is 0 Å². The van der Waals surface area contributed by atoms with Crippen molar-refractivity contribution < 1.29 is 4.74 Å². The van der Waals surface area contributed by atoms with Gasteiger partial charge in [-0.3, -0.25) is 9.97 Å². The molecule has 158 valence electrons. The average Bonchev–Trinajstić information content (AvgIpc) is 3.13. The summed E-state index contributed by atoms with van der Waals surface area (Å²) in [6, 6.07) is 14.1. The maximum Gasteiger partial charge on any atom is 0.157 e. The second-order valence-corrected chi connectivity index (χ2v) is 7.76. The first-order valence-corrected chi connectivity index (χ1v) is 10.2. The van der Waals surface area contributed by atoms with Gasteiger partial charge in [0.05, 0.1) is 18.5 Å². The Morgan fingerprint density at radius 2 is 1.78 bits per heavy atom. The molecule has 7 heteroatoms. The first-order valence-electron chi connectivity index (χ1n) is 10.2. The van der Waals surface area contributed by atoms with E-state index >= 15 is 0 Å². The van der Waals surface area contributed by atoms with Crippen molar-refractivity contribution in [2.75, 3.05) is 7.11 Å². The maximum absolute atomic E-state index is 6.39. The zero-order valence-electron chi connectivity index (χ0n) is 18.1. The fourth-order valence-corrected chi connectivity index (χ4v) is 4.44. The highest BCUT2D eigenvalue weighted by atomic mass is 16.5. The molecule has 2 N–H and O–H groups in total. The Balaban J connectivity index is 1.82. The van der Waals surface area contributed by atoms with E-state index in [1.807, 2.05) is 50.2 Å². The van der Waals surface area contributed by atoms with E-state index in [9.17, 15) is 0 Å². The Kier molecular flexibility index (Phi) is 4.66. The second kappa shape index (κ2) is 7.53. The minimum Gasteiger partial charge on any atom is -0.495 e. The number of nitrogens with two attached hydrogens (primary N) is 1. The van der Waals surface area contributed by atoms with Crippen LogP contribution in [0.5, 0.6) is 5.75 Å². The van der Waals surface area contributed by atoms with Crippen LogP contribution in [-0.4, -0.2) is 32.9 Å². The van der Waals surface area contributed by atoms with Gasteiger partial charge in [0.15, 0.2) is 5.54 Å². The normalized spacial score (nSPS) is 17.0. The fourth-order valence-electron chi connectivity index (χ4n) is 4.44. The number of amidine groups is 1. The largest absolute Gasteiger partial charge is 0.495 e. The third-order valence-electron chi connectivity index (χ3n) is 5.81. The molecule has 0 saturated heterocycles. The van der Waals surface area contributed by atoms with Crippen molar-refractivity contribution in [2.45, 2.75) is 19.4 Å². The molecular formula is C25H22N6O. The molecule has 1 aliphatic heterocycles. The highest BCUT2D eigenvalue weighted by Gasteiger charge is 2.45. The van der Waals surface area contributed by atoms with E-state index < -0.39 is 5.54 Å². The lowest BCUT2D eigenvalue weighted by Crippen LogP contribution is -2.27. The van der Waals surface area contributed by atoms with E-state index in [1.165, 1.54) is 6.33 Å². The lowest BCUT2D eigenvalue weighted by atomic mass is 9.79. The zero-order valence-corrected chi connectivity index (χ0v) is 18.1. The van der Waals surface area contributed by atoms with Gasteiger partial charge in [0.1, 0.15) is 23.6 Å². The SMILES string of the molecule is COc1c(C)cc(C2(c3cccc(-c4cncnc4)c3)N=C(N)c3ncccc32)nc1C. The van der Waals surface area contributed by atoms with Gasteiger partial charge in [-0.1, -0.05) is 24.3 Å². The van der Waals surface area contributed by atoms with Crippen molar-refractivity contribution >= 4 is 5.84 Å². The van der Waals surface area contributed by atoms with Crippen LogP contribution in [0.25, 0.3) is 11.1 Å². The summed E-state index contributed by atoms with van der Waals surface area (Å²) in [4.78, 5) is 22.8. The number of ether oxygens (including phenoxy) is 1. The molecule has 0 fully saturated rings. The van der Waals surface area contributed by atoms with Crippen LogP contribution in [0.4, 0.5) is 0 Å². The lowest BCUT2D eigenvalue weighted by Gasteiger charge is -2.29. The van der Waals surface area contributed by atoms with Crippen molar-refractivity contribution in [1.82, 2.24) is 19.9 Å². The summed E-state index contributed by atoms with van der Waals surface area (Å²) in [6.07, 6.45) is 6.83. The number of aromatic nitrogens is 4. The Morgan fingerprint density at radius 1 is 0.969 bits per heavy atom. The summed E-state index contributed by atoms with van der Waals surface area (Å²) in [5.41, 5.74) is 12.4. The molecule has 1 aliphatic rings. The third-order valence-corrected chi connectivity index (χ3v) is 5.81. The quantitative estimate of drug-likeness (QED) is 0.540. The molecule has 5 rings (SSSR count). The summed E-state index contributed by atoms with van der Waals surface area (Å²) in [7, 11) is 1.66. The molecular weight excluding hydrogens is 400 g/mol. The van der Waals surface area contributed by atoms with Gasteiger partial charge in [-0.15, -0.1) is 0 Å². The van der Waals surface area contributed by atoms with Crippen LogP contribution in [0.1, 0.15) is 33.8 Å². The number of nitrogens with zero attached hydrogens (tertiary/aromatic N) is 5. The summed E-state index contributed by atoms with van der Waals surface area (Å²) < 4.78 is 5.55. The van der Waals surface area contributed by atoms with Gasteiger partial charge >= 0.3 is 0 Å². The predicted octanol–water partition coefficient (Wildman–Crippen LogP) is 3.57. The Labute approximate surface area is 186 Å². The number of pyridine rings is 2. The Hall–Kier alpha value is -4.13. The number of aliphatic imine (C=N–C) groups is 1. The first kappa shape index (κ1) is 19.8. The lowest BCUT2D eigenvalue weighted by molar-refractivity contribution is 0.405. The molecule has 0 aliphatic carbocycles. The number of rotatable bonds is 4. The molecule has 4 aromatic rings. The summed E-state index contributed by atoms with van der Waals surface area (Å²) in [5.74, 6) is 1.16. The molecule has 4 heterocycles. The monoisotopic (exact) mass is 422 g/mol. The van der Waals surface area contributed by atoms with E-state index in [0.29, 0.717) is 11.5 Å². The van der Waals surface area contributed by atoms with E-state index in [-0.39, 0.29) is 0 Å². The molecule has 0 bridgehead atoms. The number of hydrogen-bond acceptors (Lipinski definition) is 7. The molecule has 3 aromatic heterocycles. The predicted molar refractivity (Wildman–Crippen MR) is 123 cm³/mol. The van der Waals surface area contributed by atoms with E-state index in [0.717, 1.165) is 45.0 Å². The minimum absolute atomic E-state index is 0.391. The Morgan fingerprint density at radius 3 is 2.53 bits per heavy atom. The van der Waals surface area contributed by atoms with Crippen LogP contribution in [0.3, 0.4) is 0 Å². The number of methoxy groups -OCH3 is 1. The molecule has 32 heavy (non-hydrogen) atoms. The maximum atomic E-state index is 6.39. The molecule has 0 spiro atoms. The van der Waals surface area contributed by atoms with Crippen LogP contribution in [0.2, 0.25) is 0 Å². The van der Waals surface area contributed by atoms with Gasteiger partial charge in [-0.25, -0.2) is 15.0 Å². The van der Waals surface area contributed by atoms with Crippen LogP contribution >= 0.6 is 0 Å². The molecule has 1 unspecified atom stereocenters. The fraction of sp³-hybridized carbons (Fsp3) is 0.160.